The molecule has 0 spiro atoms. The van der Waals surface area contributed by atoms with Crippen molar-refractivity contribution in [3.05, 3.63) is 25.3 Å². The Bertz CT molecular complexity index is 307. The molecule has 0 aliphatic rings. The van der Waals surface area contributed by atoms with Gasteiger partial charge in [0, 0.05) is 24.5 Å². The Labute approximate surface area is 134 Å². The van der Waals surface area contributed by atoms with E-state index in [0.29, 0.717) is 6.42 Å². The van der Waals surface area contributed by atoms with Crippen LogP contribution >= 0.6 is 0 Å². The molecule has 0 rings (SSSR count). The van der Waals surface area contributed by atoms with Crippen molar-refractivity contribution in [2.45, 2.75) is 20.3 Å². The fraction of sp³-hybridized carbons (Fsp3) is 0.500. The first kappa shape index (κ1) is 28.9. The molecule has 0 aromatic carbocycles. The molecular formula is C14H26O9. The number of hydrogen-bond acceptors (Lipinski definition) is 6. The van der Waals surface area contributed by atoms with Crippen LogP contribution in [0.1, 0.15) is 20.3 Å². The monoisotopic (exact) mass is 338 g/mol. The number of aliphatic hydroxyl groups is 3. The zero-order valence-corrected chi connectivity index (χ0v) is 13.3. The molecule has 0 saturated heterocycles. The zero-order chi connectivity index (χ0) is 19.5. The summed E-state index contributed by atoms with van der Waals surface area (Å²) in [6.07, 6.45) is 2.26. The summed E-state index contributed by atoms with van der Waals surface area (Å²) in [4.78, 5) is 27.5. The van der Waals surface area contributed by atoms with Gasteiger partial charge < -0.3 is 30.6 Å². The van der Waals surface area contributed by atoms with Crippen LogP contribution in [-0.2, 0) is 14.4 Å². The maximum atomic E-state index is 9.25. The van der Waals surface area contributed by atoms with Crippen LogP contribution in [0.5, 0.6) is 0 Å². The molecule has 0 fully saturated rings. The van der Waals surface area contributed by atoms with Crippen LogP contribution in [0.2, 0.25) is 0 Å². The second-order valence-electron chi connectivity index (χ2n) is 3.93. The van der Waals surface area contributed by atoms with Crippen LogP contribution in [-0.4, -0.2) is 68.4 Å². The summed E-state index contributed by atoms with van der Waals surface area (Å²) in [5.41, 5.74) is -0.667. The van der Waals surface area contributed by atoms with Crippen molar-refractivity contribution in [1.82, 2.24) is 0 Å². The molecule has 0 aliphatic heterocycles. The van der Waals surface area contributed by atoms with E-state index in [4.69, 9.17) is 35.4 Å². The van der Waals surface area contributed by atoms with Gasteiger partial charge in [-0.2, -0.15) is 0 Å². The summed E-state index contributed by atoms with van der Waals surface area (Å²) in [6.45, 7) is 8.36. The van der Waals surface area contributed by atoms with Gasteiger partial charge in [0.25, 0.3) is 5.97 Å². The predicted molar refractivity (Wildman–Crippen MR) is 83.0 cm³/mol. The summed E-state index contributed by atoms with van der Waals surface area (Å²) in [5.74, 6) is -2.80. The minimum atomic E-state index is -0.981. The fourth-order valence-electron chi connectivity index (χ4n) is 0.485. The molecule has 0 heterocycles. The first-order valence-corrected chi connectivity index (χ1v) is 6.25. The summed E-state index contributed by atoms with van der Waals surface area (Å²) in [7, 11) is 0. The lowest BCUT2D eigenvalue weighted by Crippen LogP contribution is -2.32. The normalized spacial score (nSPS) is 8.57. The van der Waals surface area contributed by atoms with Gasteiger partial charge in [0.05, 0.1) is 19.8 Å². The van der Waals surface area contributed by atoms with Crippen LogP contribution in [0.4, 0.5) is 0 Å². The van der Waals surface area contributed by atoms with E-state index in [1.165, 1.54) is 0 Å². The number of hydrogen-bond donors (Lipinski definition) is 6. The van der Waals surface area contributed by atoms with E-state index >= 15 is 0 Å². The molecule has 6 N–H and O–H groups in total. The van der Waals surface area contributed by atoms with Crippen molar-refractivity contribution in [2.75, 3.05) is 19.8 Å². The van der Waals surface area contributed by atoms with Gasteiger partial charge in [0.2, 0.25) is 0 Å². The van der Waals surface area contributed by atoms with E-state index in [1.807, 2.05) is 6.92 Å². The van der Waals surface area contributed by atoms with Gasteiger partial charge in [-0.1, -0.05) is 20.1 Å². The van der Waals surface area contributed by atoms with E-state index in [2.05, 4.69) is 13.2 Å². The maximum Gasteiger partial charge on any atom is 0.327 e. The van der Waals surface area contributed by atoms with E-state index < -0.39 is 23.3 Å². The van der Waals surface area contributed by atoms with Crippen molar-refractivity contribution >= 4 is 17.9 Å². The number of carbonyl (C=O) groups is 3. The van der Waals surface area contributed by atoms with Crippen LogP contribution in [0, 0.1) is 5.41 Å². The first-order valence-electron chi connectivity index (χ1n) is 6.25. The van der Waals surface area contributed by atoms with Gasteiger partial charge in [0.15, 0.2) is 0 Å². The minimum Gasteiger partial charge on any atom is -0.481 e. The predicted octanol–water partition coefficient (Wildman–Crippen LogP) is -0.0354. The van der Waals surface area contributed by atoms with E-state index in [-0.39, 0.29) is 19.8 Å². The number of aliphatic hydroxyl groups excluding tert-OH is 3. The third-order valence-electron chi connectivity index (χ3n) is 2.11. The average molecular weight is 338 g/mol. The Morgan fingerprint density at radius 1 is 0.870 bits per heavy atom. The lowest BCUT2D eigenvalue weighted by Gasteiger charge is -2.24. The first-order chi connectivity index (χ1) is 10.5. The Balaban J connectivity index is -0.000000112. The van der Waals surface area contributed by atoms with E-state index in [1.54, 1.807) is 0 Å². The van der Waals surface area contributed by atoms with Crippen molar-refractivity contribution in [3.8, 4) is 0 Å². The molecule has 0 unspecified atom stereocenters. The smallest absolute Gasteiger partial charge is 0.327 e. The highest BCUT2D eigenvalue weighted by Gasteiger charge is 2.24. The van der Waals surface area contributed by atoms with Crippen LogP contribution in [0.15, 0.2) is 25.3 Å². The quantitative estimate of drug-likeness (QED) is 0.363. The molecular weight excluding hydrogens is 312 g/mol. The van der Waals surface area contributed by atoms with E-state index in [0.717, 1.165) is 19.1 Å². The highest BCUT2D eigenvalue weighted by atomic mass is 16.4. The lowest BCUT2D eigenvalue weighted by atomic mass is 9.88. The lowest BCUT2D eigenvalue weighted by molar-refractivity contribution is -0.134. The second kappa shape index (κ2) is 19.8. The standard InChI is InChI=1S/C6H14O3.2C3H4O2.C2H4O2/c1-2-6(3-7,4-8)5-9;2*1-2-3(4)5;1-2(3)4/h7-9H,2-5H2,1H3;2*2H,1H2,(H,4,5);1H3,(H,3,4). The summed E-state index contributed by atoms with van der Waals surface area (Å²) in [6, 6.07) is 0. The molecule has 0 radical (unpaired) electrons. The highest BCUT2D eigenvalue weighted by Crippen LogP contribution is 2.18. The molecule has 23 heavy (non-hydrogen) atoms. The molecule has 9 nitrogen and oxygen atoms in total. The molecule has 0 aliphatic carbocycles. The molecule has 0 aromatic heterocycles. The molecule has 0 aromatic rings. The van der Waals surface area contributed by atoms with Gasteiger partial charge in [-0.05, 0) is 6.42 Å². The molecule has 136 valence electrons. The Hall–Kier alpha value is -2.23. The van der Waals surface area contributed by atoms with Gasteiger partial charge in [0.1, 0.15) is 0 Å². The van der Waals surface area contributed by atoms with Gasteiger partial charge in [-0.3, -0.25) is 4.79 Å². The van der Waals surface area contributed by atoms with E-state index in [9.17, 15) is 9.59 Å². The highest BCUT2D eigenvalue weighted by molar-refractivity contribution is 5.79. The minimum absolute atomic E-state index is 0.156. The molecule has 0 bridgehead atoms. The Morgan fingerprint density at radius 3 is 1.04 bits per heavy atom. The zero-order valence-electron chi connectivity index (χ0n) is 13.3. The number of carboxylic acids is 3. The topological polar surface area (TPSA) is 173 Å². The summed E-state index contributed by atoms with van der Waals surface area (Å²) >= 11 is 0. The molecule has 9 heteroatoms. The molecule has 0 amide bonds. The van der Waals surface area contributed by atoms with Crippen molar-refractivity contribution in [2.24, 2.45) is 5.41 Å². The number of aliphatic carboxylic acids is 3. The SMILES string of the molecule is C=CC(=O)O.C=CC(=O)O.CC(=O)O.CCC(CO)(CO)CO. The van der Waals surface area contributed by atoms with Crippen molar-refractivity contribution < 1.29 is 45.0 Å². The maximum absolute atomic E-state index is 9.25. The summed E-state index contributed by atoms with van der Waals surface area (Å²) < 4.78 is 0. The Morgan fingerprint density at radius 2 is 1.04 bits per heavy atom. The van der Waals surface area contributed by atoms with Crippen LogP contribution < -0.4 is 0 Å². The van der Waals surface area contributed by atoms with Crippen molar-refractivity contribution in [3.63, 3.8) is 0 Å². The molecule has 0 saturated carbocycles. The van der Waals surface area contributed by atoms with Gasteiger partial charge in [-0.25, -0.2) is 9.59 Å². The van der Waals surface area contributed by atoms with Gasteiger partial charge >= 0.3 is 11.9 Å². The van der Waals surface area contributed by atoms with Crippen LogP contribution in [0.25, 0.3) is 0 Å². The average Bonchev–Trinajstić information content (AvgIpc) is 2.50. The van der Waals surface area contributed by atoms with Crippen molar-refractivity contribution in [1.29, 1.82) is 0 Å². The summed E-state index contributed by atoms with van der Waals surface area (Å²) in [5, 5.41) is 48.6. The third kappa shape index (κ3) is 32.9. The Kier molecular flexibility index (Phi) is 24.8. The number of rotatable bonds is 6. The van der Waals surface area contributed by atoms with Gasteiger partial charge in [-0.15, -0.1) is 0 Å². The fourth-order valence-corrected chi connectivity index (χ4v) is 0.485. The molecule has 0 atom stereocenters. The number of carboxylic acid groups (broad SMARTS) is 3. The largest absolute Gasteiger partial charge is 0.481 e. The third-order valence-corrected chi connectivity index (χ3v) is 2.11. The van der Waals surface area contributed by atoms with Crippen LogP contribution in [0.3, 0.4) is 0 Å². The second-order valence-corrected chi connectivity index (χ2v) is 3.93.